The van der Waals surface area contributed by atoms with Gasteiger partial charge in [-0.05, 0) is 19.8 Å². The number of esters is 1. The molecule has 3 heteroatoms. The number of carbonyl (C=O) groups excluding carboxylic acids is 1. The number of nitrogens with two attached hydrogens (primary N) is 1. The Balaban J connectivity index is 3.76. The molecule has 0 unspecified atom stereocenters. The van der Waals surface area contributed by atoms with E-state index in [0.29, 0.717) is 5.92 Å². The molecule has 0 saturated heterocycles. The van der Waals surface area contributed by atoms with E-state index in [-0.39, 0.29) is 12.1 Å². The van der Waals surface area contributed by atoms with Crippen LogP contribution >= 0.6 is 0 Å². The largest absolute Gasteiger partial charge is 0.461 e. The number of hydrogen-bond acceptors (Lipinski definition) is 3. The van der Waals surface area contributed by atoms with Gasteiger partial charge in [-0.1, -0.05) is 13.8 Å². The Morgan fingerprint density at radius 1 is 1.27 bits per heavy atom. The maximum atomic E-state index is 10.9. The van der Waals surface area contributed by atoms with Crippen molar-refractivity contribution < 1.29 is 9.53 Å². The standard InChI is InChI=1S/C8H17NO2/c1-5(2)7(4)11-8(10)6(3)9/h5-7H,9H2,1-4H3/t6-,7-/m0/s1. The third-order valence-corrected chi connectivity index (χ3v) is 1.61. The van der Waals surface area contributed by atoms with Gasteiger partial charge in [-0.15, -0.1) is 0 Å². The molecule has 0 rings (SSSR count). The lowest BCUT2D eigenvalue weighted by molar-refractivity contribution is -0.151. The molecule has 0 heterocycles. The normalized spacial score (nSPS) is 16.2. The van der Waals surface area contributed by atoms with E-state index in [0.717, 1.165) is 0 Å². The zero-order chi connectivity index (χ0) is 9.02. The number of ether oxygens (including phenoxy) is 1. The van der Waals surface area contributed by atoms with Crippen LogP contribution in [0.4, 0.5) is 0 Å². The molecule has 0 saturated carbocycles. The number of hydrogen-bond donors (Lipinski definition) is 1. The van der Waals surface area contributed by atoms with Crippen molar-refractivity contribution in [3.63, 3.8) is 0 Å². The topological polar surface area (TPSA) is 52.3 Å². The Kier molecular flexibility index (Phi) is 4.11. The molecule has 66 valence electrons. The summed E-state index contributed by atoms with van der Waals surface area (Å²) in [6.45, 7) is 7.48. The van der Waals surface area contributed by atoms with Gasteiger partial charge in [-0.3, -0.25) is 4.79 Å². The van der Waals surface area contributed by atoms with Gasteiger partial charge in [0.2, 0.25) is 0 Å². The molecule has 11 heavy (non-hydrogen) atoms. The van der Waals surface area contributed by atoms with Crippen LogP contribution in [0.1, 0.15) is 27.7 Å². The molecule has 3 nitrogen and oxygen atoms in total. The van der Waals surface area contributed by atoms with Gasteiger partial charge >= 0.3 is 5.97 Å². The van der Waals surface area contributed by atoms with Crippen LogP contribution in [0, 0.1) is 5.92 Å². The van der Waals surface area contributed by atoms with E-state index < -0.39 is 6.04 Å². The minimum atomic E-state index is -0.517. The summed E-state index contributed by atoms with van der Waals surface area (Å²) in [4.78, 5) is 10.9. The second-order valence-electron chi connectivity index (χ2n) is 3.17. The van der Waals surface area contributed by atoms with Crippen molar-refractivity contribution in [3.8, 4) is 0 Å². The van der Waals surface area contributed by atoms with E-state index in [9.17, 15) is 4.79 Å². The van der Waals surface area contributed by atoms with Gasteiger partial charge in [0, 0.05) is 0 Å². The lowest BCUT2D eigenvalue weighted by atomic mass is 10.1. The Hall–Kier alpha value is -0.570. The molecule has 0 aromatic heterocycles. The Morgan fingerprint density at radius 3 is 2.00 bits per heavy atom. The van der Waals surface area contributed by atoms with Crippen LogP contribution in [-0.4, -0.2) is 18.1 Å². The molecule has 0 aliphatic heterocycles. The quantitative estimate of drug-likeness (QED) is 0.623. The molecule has 0 spiro atoms. The number of rotatable bonds is 3. The van der Waals surface area contributed by atoms with Gasteiger partial charge in [-0.25, -0.2) is 0 Å². The first-order chi connectivity index (χ1) is 4.95. The summed E-state index contributed by atoms with van der Waals surface area (Å²) >= 11 is 0. The minimum absolute atomic E-state index is 0.0477. The molecule has 0 bridgehead atoms. The third-order valence-electron chi connectivity index (χ3n) is 1.61. The van der Waals surface area contributed by atoms with Gasteiger partial charge in [0.1, 0.15) is 12.1 Å². The third kappa shape index (κ3) is 3.98. The van der Waals surface area contributed by atoms with E-state index >= 15 is 0 Å². The summed E-state index contributed by atoms with van der Waals surface area (Å²) in [5, 5.41) is 0. The lowest BCUT2D eigenvalue weighted by Gasteiger charge is -2.17. The van der Waals surface area contributed by atoms with Crippen LogP contribution in [0.2, 0.25) is 0 Å². The van der Waals surface area contributed by atoms with E-state index in [1.54, 1.807) is 6.92 Å². The first-order valence-electron chi connectivity index (χ1n) is 3.91. The van der Waals surface area contributed by atoms with Gasteiger partial charge in [0.15, 0.2) is 0 Å². The van der Waals surface area contributed by atoms with E-state index in [4.69, 9.17) is 10.5 Å². The van der Waals surface area contributed by atoms with E-state index in [1.807, 2.05) is 20.8 Å². The summed E-state index contributed by atoms with van der Waals surface area (Å²) < 4.78 is 5.01. The van der Waals surface area contributed by atoms with Crippen molar-refractivity contribution in [2.24, 2.45) is 11.7 Å². The van der Waals surface area contributed by atoms with Crippen LogP contribution < -0.4 is 5.73 Å². The van der Waals surface area contributed by atoms with Gasteiger partial charge in [-0.2, -0.15) is 0 Å². The van der Waals surface area contributed by atoms with Gasteiger partial charge in [0.05, 0.1) is 0 Å². The van der Waals surface area contributed by atoms with Crippen molar-refractivity contribution in [1.82, 2.24) is 0 Å². The molecule has 0 fully saturated rings. The molecule has 0 aliphatic rings. The molecule has 0 amide bonds. The highest BCUT2D eigenvalue weighted by Gasteiger charge is 2.15. The molecule has 0 aromatic rings. The van der Waals surface area contributed by atoms with Crippen molar-refractivity contribution in [3.05, 3.63) is 0 Å². The fourth-order valence-electron chi connectivity index (χ4n) is 0.427. The fraction of sp³-hybridized carbons (Fsp3) is 0.875. The van der Waals surface area contributed by atoms with Crippen molar-refractivity contribution in [2.45, 2.75) is 39.8 Å². The van der Waals surface area contributed by atoms with Crippen LogP contribution in [0.15, 0.2) is 0 Å². The second kappa shape index (κ2) is 4.34. The highest BCUT2D eigenvalue weighted by molar-refractivity contribution is 5.75. The lowest BCUT2D eigenvalue weighted by Crippen LogP contribution is -2.32. The monoisotopic (exact) mass is 159 g/mol. The van der Waals surface area contributed by atoms with Crippen LogP contribution in [0.5, 0.6) is 0 Å². The van der Waals surface area contributed by atoms with Gasteiger partial charge < -0.3 is 10.5 Å². The molecule has 2 N–H and O–H groups in total. The van der Waals surface area contributed by atoms with Gasteiger partial charge in [0.25, 0.3) is 0 Å². The zero-order valence-electron chi connectivity index (χ0n) is 7.63. The van der Waals surface area contributed by atoms with Crippen molar-refractivity contribution in [1.29, 1.82) is 0 Å². The maximum absolute atomic E-state index is 10.9. The van der Waals surface area contributed by atoms with E-state index in [1.165, 1.54) is 0 Å². The van der Waals surface area contributed by atoms with Crippen LogP contribution in [-0.2, 0) is 9.53 Å². The van der Waals surface area contributed by atoms with E-state index in [2.05, 4.69) is 0 Å². The molecular formula is C8H17NO2. The summed E-state index contributed by atoms with van der Waals surface area (Å²) in [7, 11) is 0. The second-order valence-corrected chi connectivity index (χ2v) is 3.17. The zero-order valence-corrected chi connectivity index (χ0v) is 7.63. The molecule has 0 aliphatic carbocycles. The highest BCUT2D eigenvalue weighted by atomic mass is 16.5. The summed E-state index contributed by atoms with van der Waals surface area (Å²) in [6, 6.07) is -0.517. The van der Waals surface area contributed by atoms with Crippen molar-refractivity contribution >= 4 is 5.97 Å². The first kappa shape index (κ1) is 10.4. The predicted octanol–water partition coefficient (Wildman–Crippen LogP) is 0.921. The Morgan fingerprint density at radius 2 is 1.73 bits per heavy atom. The molecule has 0 radical (unpaired) electrons. The molecule has 2 atom stereocenters. The highest BCUT2D eigenvalue weighted by Crippen LogP contribution is 2.05. The SMILES string of the molecule is CC(C)[C@H](C)OC(=O)[C@H](C)N. The summed E-state index contributed by atoms with van der Waals surface area (Å²) in [5.41, 5.74) is 5.31. The smallest absolute Gasteiger partial charge is 0.322 e. The average Bonchev–Trinajstić information content (AvgIpc) is 1.87. The fourth-order valence-corrected chi connectivity index (χ4v) is 0.427. The molecular weight excluding hydrogens is 142 g/mol. The van der Waals surface area contributed by atoms with Crippen LogP contribution in [0.3, 0.4) is 0 Å². The average molecular weight is 159 g/mol. The predicted molar refractivity (Wildman–Crippen MR) is 44.0 cm³/mol. The minimum Gasteiger partial charge on any atom is -0.461 e. The Bertz CT molecular complexity index is 132. The van der Waals surface area contributed by atoms with Crippen molar-refractivity contribution in [2.75, 3.05) is 0 Å². The van der Waals surface area contributed by atoms with Crippen LogP contribution in [0.25, 0.3) is 0 Å². The molecule has 0 aromatic carbocycles. The Labute approximate surface area is 67.9 Å². The maximum Gasteiger partial charge on any atom is 0.322 e. The summed E-state index contributed by atoms with van der Waals surface area (Å²) in [6.07, 6.45) is -0.0477. The first-order valence-corrected chi connectivity index (χ1v) is 3.91. The summed E-state index contributed by atoms with van der Waals surface area (Å²) in [5.74, 6) is 0.0175. The number of carbonyl (C=O) groups is 1.